The minimum absolute atomic E-state index is 0.443. The first-order chi connectivity index (χ1) is 11.7. The maximum atomic E-state index is 6.12. The third kappa shape index (κ3) is 4.57. The van der Waals surface area contributed by atoms with Gasteiger partial charge < -0.3 is 4.74 Å². The molecular formula is C18H16ClN3OS. The summed E-state index contributed by atoms with van der Waals surface area (Å²) in [6, 6.07) is 15.4. The van der Waals surface area contributed by atoms with Crippen LogP contribution in [0.15, 0.2) is 59.0 Å². The van der Waals surface area contributed by atoms with E-state index in [4.69, 9.17) is 16.3 Å². The Balaban J connectivity index is 1.54. The third-order valence-electron chi connectivity index (χ3n) is 3.23. The Morgan fingerprint density at radius 1 is 1.21 bits per heavy atom. The molecule has 4 nitrogen and oxygen atoms in total. The highest BCUT2D eigenvalue weighted by Crippen LogP contribution is 2.19. The topological polar surface area (TPSA) is 46.5 Å². The van der Waals surface area contributed by atoms with Crippen LogP contribution in [0, 0.1) is 6.92 Å². The quantitative estimate of drug-likeness (QED) is 0.491. The van der Waals surface area contributed by atoms with Gasteiger partial charge in [-0.3, -0.25) is 5.43 Å². The fourth-order valence-corrected chi connectivity index (χ4v) is 2.82. The zero-order valence-corrected chi connectivity index (χ0v) is 14.6. The predicted molar refractivity (Wildman–Crippen MR) is 100 cm³/mol. The molecule has 2 aromatic carbocycles. The average molecular weight is 358 g/mol. The third-order valence-corrected chi connectivity index (χ3v) is 4.46. The minimum atomic E-state index is 0.443. The number of aromatic nitrogens is 1. The number of hydrogen-bond acceptors (Lipinski definition) is 5. The summed E-state index contributed by atoms with van der Waals surface area (Å²) in [4.78, 5) is 4.28. The Hall–Kier alpha value is -2.37. The number of nitrogens with one attached hydrogen (secondary N) is 1. The van der Waals surface area contributed by atoms with E-state index in [0.717, 1.165) is 27.7 Å². The summed E-state index contributed by atoms with van der Waals surface area (Å²) >= 11 is 7.64. The van der Waals surface area contributed by atoms with Crippen LogP contribution in [-0.4, -0.2) is 11.2 Å². The number of anilines is 1. The van der Waals surface area contributed by atoms with Gasteiger partial charge in [0.15, 0.2) is 0 Å². The van der Waals surface area contributed by atoms with Gasteiger partial charge in [-0.15, -0.1) is 11.3 Å². The lowest BCUT2D eigenvalue weighted by Gasteiger charge is -2.07. The van der Waals surface area contributed by atoms with E-state index in [2.05, 4.69) is 15.5 Å². The molecule has 24 heavy (non-hydrogen) atoms. The standard InChI is InChI=1S/C18H16ClN3OS/c1-13-12-24-18(21-13)22-20-10-14-6-8-16(9-7-14)23-11-15-4-2-3-5-17(15)19/h2-10,12H,11H2,1H3,(H,21,22). The minimum Gasteiger partial charge on any atom is -0.489 e. The van der Waals surface area contributed by atoms with E-state index in [0.29, 0.717) is 11.6 Å². The summed E-state index contributed by atoms with van der Waals surface area (Å²) in [6.45, 7) is 2.39. The maximum absolute atomic E-state index is 6.12. The SMILES string of the molecule is Cc1csc(NN=Cc2ccc(OCc3ccccc3Cl)cc2)n1. The molecule has 0 unspecified atom stereocenters. The number of ether oxygens (including phenoxy) is 1. The molecule has 3 aromatic rings. The van der Waals surface area contributed by atoms with E-state index in [9.17, 15) is 0 Å². The normalized spacial score (nSPS) is 10.9. The fraction of sp³-hybridized carbons (Fsp3) is 0.111. The van der Waals surface area contributed by atoms with Crippen LogP contribution in [0.5, 0.6) is 5.75 Å². The van der Waals surface area contributed by atoms with Gasteiger partial charge in [-0.2, -0.15) is 5.10 Å². The Bertz CT molecular complexity index is 830. The van der Waals surface area contributed by atoms with Crippen LogP contribution in [0.4, 0.5) is 5.13 Å². The zero-order valence-electron chi connectivity index (χ0n) is 13.1. The number of rotatable bonds is 6. The summed E-state index contributed by atoms with van der Waals surface area (Å²) in [5.41, 5.74) is 5.83. The number of nitrogens with zero attached hydrogens (tertiary/aromatic N) is 2. The van der Waals surface area contributed by atoms with Crippen LogP contribution in [0.1, 0.15) is 16.8 Å². The van der Waals surface area contributed by atoms with E-state index in [1.165, 1.54) is 11.3 Å². The lowest BCUT2D eigenvalue weighted by molar-refractivity contribution is 0.306. The lowest BCUT2D eigenvalue weighted by atomic mass is 10.2. The summed E-state index contributed by atoms with van der Waals surface area (Å²) < 4.78 is 5.75. The van der Waals surface area contributed by atoms with E-state index < -0.39 is 0 Å². The van der Waals surface area contributed by atoms with E-state index in [1.54, 1.807) is 6.21 Å². The molecule has 1 heterocycles. The Morgan fingerprint density at radius 3 is 2.71 bits per heavy atom. The number of aryl methyl sites for hydroxylation is 1. The average Bonchev–Trinajstić information content (AvgIpc) is 3.01. The van der Waals surface area contributed by atoms with Crippen LogP contribution < -0.4 is 10.2 Å². The first-order valence-electron chi connectivity index (χ1n) is 7.38. The van der Waals surface area contributed by atoms with E-state index >= 15 is 0 Å². The Labute approximate surface area is 149 Å². The molecule has 0 bridgehead atoms. The molecule has 6 heteroatoms. The van der Waals surface area contributed by atoms with Crippen molar-refractivity contribution in [3.63, 3.8) is 0 Å². The summed E-state index contributed by atoms with van der Waals surface area (Å²) in [7, 11) is 0. The highest BCUT2D eigenvalue weighted by atomic mass is 35.5. The molecule has 0 spiro atoms. The van der Waals surface area contributed by atoms with Gasteiger partial charge in [0.05, 0.1) is 11.9 Å². The molecule has 0 aliphatic rings. The first kappa shape index (κ1) is 16.5. The first-order valence-corrected chi connectivity index (χ1v) is 8.64. The van der Waals surface area contributed by atoms with Gasteiger partial charge in [-0.25, -0.2) is 4.98 Å². The lowest BCUT2D eigenvalue weighted by Crippen LogP contribution is -1.96. The second kappa shape index (κ2) is 7.95. The Kier molecular flexibility index (Phi) is 5.46. The number of hydrogen-bond donors (Lipinski definition) is 1. The number of halogens is 1. The van der Waals surface area contributed by atoms with Gasteiger partial charge in [0, 0.05) is 16.0 Å². The molecule has 1 N–H and O–H groups in total. The second-order valence-electron chi connectivity index (χ2n) is 5.11. The molecular weight excluding hydrogens is 342 g/mol. The van der Waals surface area contributed by atoms with Gasteiger partial charge in [-0.1, -0.05) is 29.8 Å². The van der Waals surface area contributed by atoms with E-state index in [1.807, 2.05) is 60.8 Å². The van der Waals surface area contributed by atoms with Gasteiger partial charge >= 0.3 is 0 Å². The highest BCUT2D eigenvalue weighted by Gasteiger charge is 2.00. The molecule has 122 valence electrons. The van der Waals surface area contributed by atoms with Crippen molar-refractivity contribution in [1.82, 2.24) is 4.98 Å². The molecule has 0 saturated heterocycles. The van der Waals surface area contributed by atoms with Crippen molar-refractivity contribution in [2.45, 2.75) is 13.5 Å². The van der Waals surface area contributed by atoms with Crippen LogP contribution in [-0.2, 0) is 6.61 Å². The van der Waals surface area contributed by atoms with Gasteiger partial charge in [0.2, 0.25) is 5.13 Å². The molecule has 3 rings (SSSR count). The van der Waals surface area contributed by atoms with Crippen molar-refractivity contribution in [3.05, 3.63) is 75.8 Å². The van der Waals surface area contributed by atoms with Crippen molar-refractivity contribution in [1.29, 1.82) is 0 Å². The van der Waals surface area contributed by atoms with Crippen LogP contribution in [0.2, 0.25) is 5.02 Å². The molecule has 0 amide bonds. The fourth-order valence-electron chi connectivity index (χ4n) is 1.99. The molecule has 0 fully saturated rings. The molecule has 0 atom stereocenters. The zero-order chi connectivity index (χ0) is 16.8. The highest BCUT2D eigenvalue weighted by molar-refractivity contribution is 7.13. The molecule has 0 saturated carbocycles. The molecule has 0 aliphatic carbocycles. The van der Waals surface area contributed by atoms with Gasteiger partial charge in [-0.05, 0) is 42.8 Å². The van der Waals surface area contributed by atoms with Crippen molar-refractivity contribution >= 4 is 34.3 Å². The smallest absolute Gasteiger partial charge is 0.203 e. The van der Waals surface area contributed by atoms with Crippen molar-refractivity contribution in [2.24, 2.45) is 5.10 Å². The van der Waals surface area contributed by atoms with Gasteiger partial charge in [0.25, 0.3) is 0 Å². The number of thiazole rings is 1. The number of hydrazone groups is 1. The van der Waals surface area contributed by atoms with Crippen LogP contribution >= 0.6 is 22.9 Å². The number of benzene rings is 2. The summed E-state index contributed by atoms with van der Waals surface area (Å²) in [5, 5.41) is 7.64. The molecule has 1 aromatic heterocycles. The molecule has 0 radical (unpaired) electrons. The largest absolute Gasteiger partial charge is 0.489 e. The van der Waals surface area contributed by atoms with Crippen LogP contribution in [0.3, 0.4) is 0 Å². The summed E-state index contributed by atoms with van der Waals surface area (Å²) in [5.74, 6) is 0.788. The Morgan fingerprint density at radius 2 is 2.00 bits per heavy atom. The second-order valence-corrected chi connectivity index (χ2v) is 6.38. The maximum Gasteiger partial charge on any atom is 0.203 e. The van der Waals surface area contributed by atoms with Crippen molar-refractivity contribution in [3.8, 4) is 5.75 Å². The van der Waals surface area contributed by atoms with Gasteiger partial charge in [0.1, 0.15) is 12.4 Å². The van der Waals surface area contributed by atoms with Crippen molar-refractivity contribution in [2.75, 3.05) is 5.43 Å². The van der Waals surface area contributed by atoms with Crippen molar-refractivity contribution < 1.29 is 4.74 Å². The van der Waals surface area contributed by atoms with Crippen LogP contribution in [0.25, 0.3) is 0 Å². The molecule has 0 aliphatic heterocycles. The monoisotopic (exact) mass is 357 g/mol. The predicted octanol–water partition coefficient (Wildman–Crippen LogP) is 5.13. The summed E-state index contributed by atoms with van der Waals surface area (Å²) in [6.07, 6.45) is 1.74. The van der Waals surface area contributed by atoms with E-state index in [-0.39, 0.29) is 0 Å².